The zero-order valence-electron chi connectivity index (χ0n) is 9.47. The van der Waals surface area contributed by atoms with Gasteiger partial charge in [-0.2, -0.15) is 0 Å². The van der Waals surface area contributed by atoms with Gasteiger partial charge in [-0.3, -0.25) is 0 Å². The Hall–Kier alpha value is -0.170. The lowest BCUT2D eigenvalue weighted by atomic mass is 10.3. The molecule has 0 radical (unpaired) electrons. The van der Waals surface area contributed by atoms with Crippen LogP contribution in [0.3, 0.4) is 0 Å². The van der Waals surface area contributed by atoms with Crippen molar-refractivity contribution in [3.8, 4) is 0 Å². The number of sulfone groups is 1. The molecule has 0 spiro atoms. The summed E-state index contributed by atoms with van der Waals surface area (Å²) in [5, 5.41) is 8.86. The normalized spacial score (nSPS) is 16.3. The van der Waals surface area contributed by atoms with Gasteiger partial charge in [0.2, 0.25) is 0 Å². The lowest BCUT2D eigenvalue weighted by Crippen LogP contribution is -2.30. The molecule has 0 amide bonds. The summed E-state index contributed by atoms with van der Waals surface area (Å²) in [4.78, 5) is 0. The lowest BCUT2D eigenvalue weighted by molar-refractivity contribution is -0.0390. The van der Waals surface area contributed by atoms with Crippen molar-refractivity contribution in [3.05, 3.63) is 0 Å². The van der Waals surface area contributed by atoms with Gasteiger partial charge in [0.05, 0.1) is 31.2 Å². The van der Waals surface area contributed by atoms with Crippen LogP contribution in [0.25, 0.3) is 0 Å². The van der Waals surface area contributed by atoms with Crippen LogP contribution in [0.1, 0.15) is 13.3 Å². The molecule has 0 saturated carbocycles. The van der Waals surface area contributed by atoms with Crippen molar-refractivity contribution in [3.63, 3.8) is 0 Å². The van der Waals surface area contributed by atoms with Crippen LogP contribution in [0.2, 0.25) is 0 Å². The number of rotatable bonds is 8. The molecule has 0 aliphatic carbocycles. The van der Waals surface area contributed by atoms with Crippen LogP contribution in [-0.2, 0) is 19.3 Å². The van der Waals surface area contributed by atoms with E-state index >= 15 is 0 Å². The summed E-state index contributed by atoms with van der Waals surface area (Å²) in [6, 6.07) is 0. The molecule has 0 aromatic carbocycles. The Morgan fingerprint density at radius 1 is 1.33 bits per heavy atom. The third-order valence-corrected chi connectivity index (χ3v) is 2.98. The Kier molecular flexibility index (Phi) is 7.08. The number of aliphatic hydroxyl groups is 1. The molecule has 0 bridgehead atoms. The summed E-state index contributed by atoms with van der Waals surface area (Å²) in [7, 11) is -1.62. The third kappa shape index (κ3) is 7.72. The van der Waals surface area contributed by atoms with Crippen molar-refractivity contribution in [2.24, 2.45) is 0 Å². The second-order valence-corrected chi connectivity index (χ2v) is 5.68. The number of ether oxygens (including phenoxy) is 2. The summed E-state index contributed by atoms with van der Waals surface area (Å²) < 4.78 is 32.3. The first-order valence-corrected chi connectivity index (χ1v) is 6.92. The van der Waals surface area contributed by atoms with Gasteiger partial charge in [0.25, 0.3) is 0 Å². The summed E-state index contributed by atoms with van der Waals surface area (Å²) >= 11 is 0. The molecular weight excluding hydrogens is 220 g/mol. The van der Waals surface area contributed by atoms with Crippen LogP contribution in [0, 0.1) is 0 Å². The molecule has 0 aromatic rings. The van der Waals surface area contributed by atoms with Gasteiger partial charge >= 0.3 is 0 Å². The Morgan fingerprint density at radius 2 is 1.93 bits per heavy atom. The minimum absolute atomic E-state index is 0.0637. The largest absolute Gasteiger partial charge is 0.394 e. The number of aliphatic hydroxyl groups excluding tert-OH is 1. The molecule has 0 rings (SSSR count). The Bertz CT molecular complexity index is 245. The molecule has 1 N–H and O–H groups in total. The molecule has 0 aromatic heterocycles. The first-order valence-electron chi connectivity index (χ1n) is 4.85. The van der Waals surface area contributed by atoms with Gasteiger partial charge < -0.3 is 14.6 Å². The van der Waals surface area contributed by atoms with Gasteiger partial charge in [-0.05, 0) is 6.42 Å². The van der Waals surface area contributed by atoms with Gasteiger partial charge in [-0.1, -0.05) is 6.92 Å². The van der Waals surface area contributed by atoms with E-state index in [9.17, 15) is 8.42 Å². The predicted octanol–water partition coefficient (Wildman–Crippen LogP) is -0.167. The highest BCUT2D eigenvalue weighted by atomic mass is 32.2. The molecular formula is C9H20O5S. The van der Waals surface area contributed by atoms with E-state index in [1.807, 2.05) is 6.92 Å². The maximum atomic E-state index is 11.0. The van der Waals surface area contributed by atoms with E-state index in [-0.39, 0.29) is 25.1 Å². The molecule has 15 heavy (non-hydrogen) atoms. The van der Waals surface area contributed by atoms with Gasteiger partial charge in [0.1, 0.15) is 9.84 Å². The average Bonchev–Trinajstić information content (AvgIpc) is 2.15. The monoisotopic (exact) mass is 240 g/mol. The van der Waals surface area contributed by atoms with Gasteiger partial charge in [-0.15, -0.1) is 0 Å². The van der Waals surface area contributed by atoms with Crippen LogP contribution in [0.15, 0.2) is 0 Å². The van der Waals surface area contributed by atoms with E-state index < -0.39 is 15.9 Å². The van der Waals surface area contributed by atoms with E-state index in [0.717, 1.165) is 6.26 Å². The minimum Gasteiger partial charge on any atom is -0.394 e. The molecule has 0 aliphatic rings. The van der Waals surface area contributed by atoms with Crippen molar-refractivity contribution in [2.45, 2.75) is 25.6 Å². The van der Waals surface area contributed by atoms with Crippen molar-refractivity contribution >= 4 is 9.84 Å². The van der Waals surface area contributed by atoms with Gasteiger partial charge in [0.15, 0.2) is 0 Å². The fraction of sp³-hybridized carbons (Fsp3) is 1.00. The first kappa shape index (κ1) is 14.8. The van der Waals surface area contributed by atoms with Gasteiger partial charge in [0, 0.05) is 13.4 Å². The van der Waals surface area contributed by atoms with E-state index in [1.54, 1.807) is 0 Å². The smallest absolute Gasteiger partial charge is 0.150 e. The molecule has 0 saturated heterocycles. The van der Waals surface area contributed by atoms with Gasteiger partial charge in [-0.25, -0.2) is 8.42 Å². The third-order valence-electron chi connectivity index (χ3n) is 2.00. The molecule has 5 nitrogen and oxygen atoms in total. The molecule has 0 fully saturated rings. The summed E-state index contributed by atoms with van der Waals surface area (Å²) in [6.07, 6.45) is 1.12. The van der Waals surface area contributed by atoms with E-state index in [2.05, 4.69) is 0 Å². The number of hydrogen-bond donors (Lipinski definition) is 1. The molecule has 6 heteroatoms. The van der Waals surface area contributed by atoms with E-state index in [0.29, 0.717) is 6.42 Å². The average molecular weight is 240 g/mol. The second kappa shape index (κ2) is 7.16. The second-order valence-electron chi connectivity index (χ2n) is 3.50. The Morgan fingerprint density at radius 3 is 2.27 bits per heavy atom. The topological polar surface area (TPSA) is 72.8 Å². The molecule has 0 heterocycles. The standard InChI is InChI=1S/C9H20O5S/c1-4-8(5-10)14-6-9(13-2)7-15(3,11)12/h8-10H,4-7H2,1-3H3. The molecule has 0 aliphatic heterocycles. The zero-order chi connectivity index (χ0) is 11.9. The van der Waals surface area contributed by atoms with Crippen molar-refractivity contribution in [1.82, 2.24) is 0 Å². The predicted molar refractivity (Wildman–Crippen MR) is 57.6 cm³/mol. The Labute approximate surface area is 91.3 Å². The maximum absolute atomic E-state index is 11.0. The highest BCUT2D eigenvalue weighted by Crippen LogP contribution is 2.02. The molecule has 92 valence electrons. The summed E-state index contributed by atoms with van der Waals surface area (Å²) in [5.41, 5.74) is 0. The van der Waals surface area contributed by atoms with E-state index in [4.69, 9.17) is 14.6 Å². The molecule has 2 unspecified atom stereocenters. The SMILES string of the molecule is CCC(CO)OCC(CS(C)(=O)=O)OC. The van der Waals surface area contributed by atoms with Crippen LogP contribution in [0.5, 0.6) is 0 Å². The van der Waals surface area contributed by atoms with E-state index in [1.165, 1.54) is 7.11 Å². The van der Waals surface area contributed by atoms with Crippen molar-refractivity contribution < 1.29 is 23.0 Å². The Balaban J connectivity index is 4.00. The van der Waals surface area contributed by atoms with Crippen molar-refractivity contribution in [1.29, 1.82) is 0 Å². The first-order chi connectivity index (χ1) is 6.92. The highest BCUT2D eigenvalue weighted by molar-refractivity contribution is 7.90. The van der Waals surface area contributed by atoms with Crippen LogP contribution >= 0.6 is 0 Å². The van der Waals surface area contributed by atoms with Crippen LogP contribution < -0.4 is 0 Å². The fourth-order valence-electron chi connectivity index (χ4n) is 1.06. The summed E-state index contributed by atoms with van der Waals surface area (Å²) in [5.74, 6) is -0.0641. The lowest BCUT2D eigenvalue weighted by Gasteiger charge is -2.18. The van der Waals surface area contributed by atoms with Crippen LogP contribution in [-0.4, -0.2) is 58.1 Å². The molecule has 2 atom stereocenters. The highest BCUT2D eigenvalue weighted by Gasteiger charge is 2.16. The van der Waals surface area contributed by atoms with Crippen LogP contribution in [0.4, 0.5) is 0 Å². The number of hydrogen-bond acceptors (Lipinski definition) is 5. The van der Waals surface area contributed by atoms with Crippen molar-refractivity contribution in [2.75, 3.05) is 32.3 Å². The minimum atomic E-state index is -3.06. The zero-order valence-corrected chi connectivity index (χ0v) is 10.3. The number of methoxy groups -OCH3 is 1. The fourth-order valence-corrected chi connectivity index (χ4v) is 1.97. The quantitative estimate of drug-likeness (QED) is 0.638. The summed E-state index contributed by atoms with van der Waals surface area (Å²) in [6.45, 7) is 2.01. The maximum Gasteiger partial charge on any atom is 0.150 e.